The lowest BCUT2D eigenvalue weighted by molar-refractivity contribution is 0.145. The summed E-state index contributed by atoms with van der Waals surface area (Å²) in [5, 5.41) is 7.44. The first-order valence-corrected chi connectivity index (χ1v) is 7.51. The van der Waals surface area contributed by atoms with Crippen molar-refractivity contribution >= 4 is 17.3 Å². The predicted molar refractivity (Wildman–Crippen MR) is 80.0 cm³/mol. The molecule has 0 amide bonds. The van der Waals surface area contributed by atoms with Gasteiger partial charge in [-0.2, -0.15) is 0 Å². The van der Waals surface area contributed by atoms with Gasteiger partial charge in [0.05, 0.1) is 0 Å². The average molecular weight is 273 g/mol. The van der Waals surface area contributed by atoms with Gasteiger partial charge in [0.25, 0.3) is 0 Å². The number of likely N-dealkylation sites (N-methyl/N-ethyl adjacent to an activating group) is 1. The van der Waals surface area contributed by atoms with Gasteiger partial charge in [-0.1, -0.05) is 6.92 Å². The SMILES string of the molecule is CCOCCCNC(=S)NC1CCCN(CC)C1. The molecule has 0 radical (unpaired) electrons. The highest BCUT2D eigenvalue weighted by atomic mass is 32.1. The third-order valence-corrected chi connectivity index (χ3v) is 3.51. The highest BCUT2D eigenvalue weighted by Crippen LogP contribution is 2.09. The van der Waals surface area contributed by atoms with Crippen molar-refractivity contribution in [3.63, 3.8) is 0 Å². The molecule has 4 nitrogen and oxygen atoms in total. The Labute approximate surface area is 116 Å². The molecule has 1 aliphatic heterocycles. The summed E-state index contributed by atoms with van der Waals surface area (Å²) in [5.74, 6) is 0. The summed E-state index contributed by atoms with van der Waals surface area (Å²) in [7, 11) is 0. The summed E-state index contributed by atoms with van der Waals surface area (Å²) in [6.07, 6.45) is 3.48. The number of nitrogens with zero attached hydrogens (tertiary/aromatic N) is 1. The molecule has 1 heterocycles. The molecular formula is C13H27N3OS. The van der Waals surface area contributed by atoms with E-state index >= 15 is 0 Å². The maximum absolute atomic E-state index is 5.31. The first kappa shape index (κ1) is 15.7. The summed E-state index contributed by atoms with van der Waals surface area (Å²) in [6, 6.07) is 0.505. The zero-order valence-electron chi connectivity index (χ0n) is 11.7. The molecule has 106 valence electrons. The van der Waals surface area contributed by atoms with Crippen LogP contribution in [0.4, 0.5) is 0 Å². The molecule has 0 aliphatic carbocycles. The zero-order chi connectivity index (χ0) is 13.2. The molecule has 1 saturated heterocycles. The maximum atomic E-state index is 5.31. The van der Waals surface area contributed by atoms with E-state index in [0.29, 0.717) is 6.04 Å². The van der Waals surface area contributed by atoms with Crippen molar-refractivity contribution in [2.45, 2.75) is 39.2 Å². The maximum Gasteiger partial charge on any atom is 0.166 e. The van der Waals surface area contributed by atoms with Crippen LogP contribution < -0.4 is 10.6 Å². The monoisotopic (exact) mass is 273 g/mol. The summed E-state index contributed by atoms with van der Waals surface area (Å²) in [5.41, 5.74) is 0. The quantitative estimate of drug-likeness (QED) is 0.541. The van der Waals surface area contributed by atoms with Gasteiger partial charge < -0.3 is 20.3 Å². The fourth-order valence-electron chi connectivity index (χ4n) is 2.22. The first-order valence-electron chi connectivity index (χ1n) is 7.10. The van der Waals surface area contributed by atoms with Gasteiger partial charge in [-0.15, -0.1) is 0 Å². The van der Waals surface area contributed by atoms with Crippen LogP contribution in [-0.2, 0) is 4.74 Å². The van der Waals surface area contributed by atoms with Crippen molar-refractivity contribution in [1.29, 1.82) is 0 Å². The minimum atomic E-state index is 0.505. The van der Waals surface area contributed by atoms with Gasteiger partial charge in [0.15, 0.2) is 5.11 Å². The van der Waals surface area contributed by atoms with Gasteiger partial charge >= 0.3 is 0 Å². The van der Waals surface area contributed by atoms with E-state index in [-0.39, 0.29) is 0 Å². The van der Waals surface area contributed by atoms with Crippen molar-refractivity contribution in [3.05, 3.63) is 0 Å². The van der Waals surface area contributed by atoms with Crippen molar-refractivity contribution < 1.29 is 4.74 Å². The second-order valence-corrected chi connectivity index (χ2v) is 5.09. The first-order chi connectivity index (χ1) is 8.76. The summed E-state index contributed by atoms with van der Waals surface area (Å²) in [6.45, 7) is 10.2. The van der Waals surface area contributed by atoms with Crippen LogP contribution in [0.15, 0.2) is 0 Å². The lowest BCUT2D eigenvalue weighted by atomic mass is 10.1. The summed E-state index contributed by atoms with van der Waals surface area (Å²) >= 11 is 5.31. The van der Waals surface area contributed by atoms with Crippen LogP contribution in [0, 0.1) is 0 Å². The van der Waals surface area contributed by atoms with E-state index in [0.717, 1.165) is 44.4 Å². The Hall–Kier alpha value is -0.390. The van der Waals surface area contributed by atoms with Crippen molar-refractivity contribution in [1.82, 2.24) is 15.5 Å². The van der Waals surface area contributed by atoms with Crippen LogP contribution in [-0.4, -0.2) is 55.4 Å². The normalized spacial score (nSPS) is 20.7. The van der Waals surface area contributed by atoms with E-state index < -0.39 is 0 Å². The van der Waals surface area contributed by atoms with E-state index in [2.05, 4.69) is 22.5 Å². The Morgan fingerprint density at radius 3 is 3.00 bits per heavy atom. The number of hydrogen-bond acceptors (Lipinski definition) is 3. The standard InChI is InChI=1S/C13H27N3OS/c1-3-16-9-5-7-12(11-16)15-13(18)14-8-6-10-17-4-2/h12H,3-11H2,1-2H3,(H2,14,15,18). The molecule has 2 N–H and O–H groups in total. The van der Waals surface area contributed by atoms with E-state index in [4.69, 9.17) is 17.0 Å². The van der Waals surface area contributed by atoms with Crippen LogP contribution in [0.3, 0.4) is 0 Å². The smallest absolute Gasteiger partial charge is 0.166 e. The third kappa shape index (κ3) is 6.52. The van der Waals surface area contributed by atoms with Crippen LogP contribution in [0.2, 0.25) is 0 Å². The molecular weight excluding hydrogens is 246 g/mol. The van der Waals surface area contributed by atoms with Crippen molar-refractivity contribution in [2.24, 2.45) is 0 Å². The third-order valence-electron chi connectivity index (χ3n) is 3.24. The second-order valence-electron chi connectivity index (χ2n) is 4.68. The van der Waals surface area contributed by atoms with Gasteiger partial charge in [-0.05, 0) is 51.5 Å². The molecule has 1 rings (SSSR count). The van der Waals surface area contributed by atoms with Crippen molar-refractivity contribution in [2.75, 3.05) is 39.4 Å². The molecule has 1 atom stereocenters. The Balaban J connectivity index is 2.08. The average Bonchev–Trinajstić information content (AvgIpc) is 2.38. The second kappa shape index (κ2) is 9.53. The molecule has 5 heteroatoms. The van der Waals surface area contributed by atoms with E-state index in [1.807, 2.05) is 6.92 Å². The van der Waals surface area contributed by atoms with E-state index in [9.17, 15) is 0 Å². The number of rotatable bonds is 7. The number of thiocarbonyl (C=S) groups is 1. The fourth-order valence-corrected chi connectivity index (χ4v) is 2.49. The molecule has 0 spiro atoms. The lowest BCUT2D eigenvalue weighted by Gasteiger charge is -2.32. The Morgan fingerprint density at radius 1 is 1.44 bits per heavy atom. The minimum absolute atomic E-state index is 0.505. The van der Waals surface area contributed by atoms with Crippen LogP contribution >= 0.6 is 12.2 Å². The molecule has 0 aromatic heterocycles. The fraction of sp³-hybridized carbons (Fsp3) is 0.923. The molecule has 18 heavy (non-hydrogen) atoms. The Bertz CT molecular complexity index is 238. The van der Waals surface area contributed by atoms with E-state index in [1.54, 1.807) is 0 Å². The van der Waals surface area contributed by atoms with Gasteiger partial charge in [0.2, 0.25) is 0 Å². The lowest BCUT2D eigenvalue weighted by Crippen LogP contribution is -2.50. The Morgan fingerprint density at radius 2 is 2.28 bits per heavy atom. The predicted octanol–water partition coefficient (Wildman–Crippen LogP) is 1.36. The van der Waals surface area contributed by atoms with Gasteiger partial charge in [-0.3, -0.25) is 0 Å². The molecule has 1 unspecified atom stereocenters. The summed E-state index contributed by atoms with van der Waals surface area (Å²) in [4.78, 5) is 2.47. The number of hydrogen-bond donors (Lipinski definition) is 2. The van der Waals surface area contributed by atoms with Crippen LogP contribution in [0.25, 0.3) is 0 Å². The molecule has 0 aromatic carbocycles. The minimum Gasteiger partial charge on any atom is -0.382 e. The number of likely N-dealkylation sites (tertiary alicyclic amines) is 1. The number of nitrogens with one attached hydrogen (secondary N) is 2. The molecule has 0 bridgehead atoms. The largest absolute Gasteiger partial charge is 0.382 e. The number of piperidine rings is 1. The number of ether oxygens (including phenoxy) is 1. The van der Waals surface area contributed by atoms with Crippen LogP contribution in [0.1, 0.15) is 33.1 Å². The molecule has 1 fully saturated rings. The topological polar surface area (TPSA) is 36.5 Å². The molecule has 1 aliphatic rings. The molecule has 0 saturated carbocycles. The molecule has 0 aromatic rings. The summed E-state index contributed by atoms with van der Waals surface area (Å²) < 4.78 is 5.28. The van der Waals surface area contributed by atoms with Crippen LogP contribution in [0.5, 0.6) is 0 Å². The van der Waals surface area contributed by atoms with Crippen molar-refractivity contribution in [3.8, 4) is 0 Å². The zero-order valence-corrected chi connectivity index (χ0v) is 12.5. The van der Waals surface area contributed by atoms with E-state index in [1.165, 1.54) is 19.4 Å². The van der Waals surface area contributed by atoms with Gasteiger partial charge in [0, 0.05) is 32.3 Å². The van der Waals surface area contributed by atoms with Gasteiger partial charge in [0.1, 0.15) is 0 Å². The Kier molecular flexibility index (Phi) is 8.29. The highest BCUT2D eigenvalue weighted by molar-refractivity contribution is 7.80. The van der Waals surface area contributed by atoms with Gasteiger partial charge in [-0.25, -0.2) is 0 Å². The highest BCUT2D eigenvalue weighted by Gasteiger charge is 2.18.